The summed E-state index contributed by atoms with van der Waals surface area (Å²) in [6.07, 6.45) is 3.52. The number of para-hydroxylation sites is 1. The van der Waals surface area contributed by atoms with Crippen molar-refractivity contribution >= 4 is 5.97 Å². The van der Waals surface area contributed by atoms with Crippen LogP contribution < -0.4 is 0 Å². The first-order chi connectivity index (χ1) is 11.3. The fourth-order valence-electron chi connectivity index (χ4n) is 2.87. The van der Waals surface area contributed by atoms with Crippen LogP contribution in [0, 0.1) is 5.92 Å². The fraction of sp³-hybridized carbons (Fsp3) is 0.471. The van der Waals surface area contributed by atoms with Crippen LogP contribution in [-0.4, -0.2) is 45.6 Å². The quantitative estimate of drug-likeness (QED) is 0.791. The largest absolute Gasteiger partial charge is 0.466 e. The molecule has 0 amide bonds. The van der Waals surface area contributed by atoms with E-state index in [9.17, 15) is 4.79 Å². The van der Waals surface area contributed by atoms with E-state index < -0.39 is 0 Å². The maximum absolute atomic E-state index is 11.8. The summed E-state index contributed by atoms with van der Waals surface area (Å²) in [5.41, 5.74) is 1.91. The second kappa shape index (κ2) is 7.37. The van der Waals surface area contributed by atoms with E-state index in [1.54, 1.807) is 4.80 Å². The van der Waals surface area contributed by atoms with Crippen LogP contribution in [0.3, 0.4) is 0 Å². The van der Waals surface area contributed by atoms with Gasteiger partial charge in [0.1, 0.15) is 0 Å². The van der Waals surface area contributed by atoms with E-state index in [2.05, 4.69) is 15.1 Å². The maximum atomic E-state index is 11.8. The number of likely N-dealkylation sites (tertiary alicyclic amines) is 1. The van der Waals surface area contributed by atoms with Gasteiger partial charge in [-0.15, -0.1) is 0 Å². The number of hydrogen-bond acceptors (Lipinski definition) is 5. The van der Waals surface area contributed by atoms with Gasteiger partial charge in [0.25, 0.3) is 0 Å². The molecule has 1 fully saturated rings. The Morgan fingerprint density at radius 3 is 2.70 bits per heavy atom. The Kier molecular flexibility index (Phi) is 5.02. The Morgan fingerprint density at radius 2 is 2.00 bits per heavy atom. The molecule has 23 heavy (non-hydrogen) atoms. The standard InChI is InChI=1S/C17H22N4O2/c1-2-23-17(22)14-8-10-20(11-9-14)13-15-12-18-21(19-15)16-6-4-3-5-7-16/h3-7,12,14H,2,8-11,13H2,1H3. The number of hydrogen-bond donors (Lipinski definition) is 0. The average Bonchev–Trinajstić information content (AvgIpc) is 3.05. The summed E-state index contributed by atoms with van der Waals surface area (Å²) in [6.45, 7) is 4.86. The molecule has 0 saturated carbocycles. The first-order valence-corrected chi connectivity index (χ1v) is 8.12. The lowest BCUT2D eigenvalue weighted by Crippen LogP contribution is -2.36. The minimum absolute atomic E-state index is 0.0474. The summed E-state index contributed by atoms with van der Waals surface area (Å²) in [5.74, 6) is -0.00614. The van der Waals surface area contributed by atoms with Crippen molar-refractivity contribution < 1.29 is 9.53 Å². The predicted molar refractivity (Wildman–Crippen MR) is 86.0 cm³/mol. The van der Waals surface area contributed by atoms with Gasteiger partial charge >= 0.3 is 5.97 Å². The third-order valence-electron chi connectivity index (χ3n) is 4.12. The SMILES string of the molecule is CCOC(=O)C1CCN(Cc2cnn(-c3ccccc3)n2)CC1. The topological polar surface area (TPSA) is 60.2 Å². The molecule has 0 N–H and O–H groups in total. The van der Waals surface area contributed by atoms with Crippen molar-refractivity contribution in [3.05, 3.63) is 42.2 Å². The molecule has 6 heteroatoms. The molecule has 1 aromatic heterocycles. The molecule has 1 saturated heterocycles. The van der Waals surface area contributed by atoms with Gasteiger partial charge in [0.2, 0.25) is 0 Å². The molecule has 122 valence electrons. The molecule has 1 aromatic carbocycles. The molecule has 0 bridgehead atoms. The number of aromatic nitrogens is 3. The number of carbonyl (C=O) groups is 1. The number of esters is 1. The highest BCUT2D eigenvalue weighted by Gasteiger charge is 2.26. The Balaban J connectivity index is 1.53. The van der Waals surface area contributed by atoms with E-state index in [0.29, 0.717) is 6.61 Å². The van der Waals surface area contributed by atoms with Crippen LogP contribution in [-0.2, 0) is 16.1 Å². The summed E-state index contributed by atoms with van der Waals surface area (Å²) in [7, 11) is 0. The van der Waals surface area contributed by atoms with Gasteiger partial charge in [-0.2, -0.15) is 15.0 Å². The van der Waals surface area contributed by atoms with Crippen LogP contribution in [0.2, 0.25) is 0 Å². The van der Waals surface area contributed by atoms with Crippen LogP contribution in [0.15, 0.2) is 36.5 Å². The monoisotopic (exact) mass is 314 g/mol. The molecule has 2 aromatic rings. The molecule has 0 radical (unpaired) electrons. The van der Waals surface area contributed by atoms with Gasteiger partial charge in [-0.05, 0) is 45.0 Å². The van der Waals surface area contributed by atoms with E-state index >= 15 is 0 Å². The van der Waals surface area contributed by atoms with Crippen LogP contribution in [0.25, 0.3) is 5.69 Å². The molecule has 0 spiro atoms. The number of rotatable bonds is 5. The van der Waals surface area contributed by atoms with Gasteiger partial charge in [-0.3, -0.25) is 9.69 Å². The first-order valence-electron chi connectivity index (χ1n) is 8.12. The zero-order valence-electron chi connectivity index (χ0n) is 13.4. The van der Waals surface area contributed by atoms with E-state index in [0.717, 1.165) is 43.9 Å². The molecular formula is C17H22N4O2. The van der Waals surface area contributed by atoms with E-state index in [1.165, 1.54) is 0 Å². The van der Waals surface area contributed by atoms with E-state index in [-0.39, 0.29) is 11.9 Å². The number of nitrogens with zero attached hydrogens (tertiary/aromatic N) is 4. The van der Waals surface area contributed by atoms with Gasteiger partial charge in [-0.1, -0.05) is 18.2 Å². The third kappa shape index (κ3) is 3.96. The molecule has 3 rings (SSSR count). The zero-order chi connectivity index (χ0) is 16.1. The van der Waals surface area contributed by atoms with Crippen LogP contribution in [0.1, 0.15) is 25.5 Å². The highest BCUT2D eigenvalue weighted by Crippen LogP contribution is 2.20. The molecule has 0 unspecified atom stereocenters. The minimum Gasteiger partial charge on any atom is -0.466 e. The van der Waals surface area contributed by atoms with Gasteiger partial charge < -0.3 is 4.74 Å². The Bertz CT molecular complexity index is 633. The molecular weight excluding hydrogens is 292 g/mol. The summed E-state index contributed by atoms with van der Waals surface area (Å²) in [6, 6.07) is 9.88. The Morgan fingerprint density at radius 1 is 1.26 bits per heavy atom. The summed E-state index contributed by atoms with van der Waals surface area (Å²) < 4.78 is 5.10. The normalized spacial score (nSPS) is 16.4. The number of benzene rings is 1. The molecule has 2 heterocycles. The third-order valence-corrected chi connectivity index (χ3v) is 4.12. The van der Waals surface area contributed by atoms with Crippen molar-refractivity contribution in [2.24, 2.45) is 5.92 Å². The minimum atomic E-state index is -0.0535. The van der Waals surface area contributed by atoms with Crippen molar-refractivity contribution in [2.45, 2.75) is 26.3 Å². The lowest BCUT2D eigenvalue weighted by Gasteiger charge is -2.30. The molecule has 0 aliphatic carbocycles. The summed E-state index contributed by atoms with van der Waals surface area (Å²) in [4.78, 5) is 15.7. The highest BCUT2D eigenvalue weighted by molar-refractivity contribution is 5.72. The molecule has 0 atom stereocenters. The van der Waals surface area contributed by atoms with Crippen LogP contribution in [0.5, 0.6) is 0 Å². The van der Waals surface area contributed by atoms with E-state index in [4.69, 9.17) is 4.74 Å². The van der Waals surface area contributed by atoms with E-state index in [1.807, 2.05) is 43.5 Å². The van der Waals surface area contributed by atoms with Crippen molar-refractivity contribution in [2.75, 3.05) is 19.7 Å². The van der Waals surface area contributed by atoms with Gasteiger partial charge in [0.05, 0.1) is 30.1 Å². The van der Waals surface area contributed by atoms with Gasteiger partial charge in [-0.25, -0.2) is 0 Å². The van der Waals surface area contributed by atoms with Crippen molar-refractivity contribution in [1.82, 2.24) is 19.9 Å². The second-order valence-corrected chi connectivity index (χ2v) is 5.76. The Hall–Kier alpha value is -2.21. The number of piperidine rings is 1. The Labute approximate surface area is 136 Å². The maximum Gasteiger partial charge on any atom is 0.309 e. The number of ether oxygens (including phenoxy) is 1. The predicted octanol–water partition coefficient (Wildman–Crippen LogP) is 2.04. The van der Waals surface area contributed by atoms with Gasteiger partial charge in [0.15, 0.2) is 0 Å². The number of carbonyl (C=O) groups excluding carboxylic acids is 1. The summed E-state index contributed by atoms with van der Waals surface area (Å²) >= 11 is 0. The van der Waals surface area contributed by atoms with Crippen LogP contribution >= 0.6 is 0 Å². The lowest BCUT2D eigenvalue weighted by molar-refractivity contribution is -0.149. The van der Waals surface area contributed by atoms with Crippen molar-refractivity contribution in [3.63, 3.8) is 0 Å². The fourth-order valence-corrected chi connectivity index (χ4v) is 2.87. The highest BCUT2D eigenvalue weighted by atomic mass is 16.5. The van der Waals surface area contributed by atoms with Crippen molar-refractivity contribution in [3.8, 4) is 5.69 Å². The second-order valence-electron chi connectivity index (χ2n) is 5.76. The van der Waals surface area contributed by atoms with Crippen molar-refractivity contribution in [1.29, 1.82) is 0 Å². The molecule has 1 aliphatic rings. The molecule has 1 aliphatic heterocycles. The smallest absolute Gasteiger partial charge is 0.309 e. The average molecular weight is 314 g/mol. The summed E-state index contributed by atoms with van der Waals surface area (Å²) in [5, 5.41) is 8.85. The van der Waals surface area contributed by atoms with Crippen LogP contribution in [0.4, 0.5) is 0 Å². The zero-order valence-corrected chi connectivity index (χ0v) is 13.4. The van der Waals surface area contributed by atoms with Gasteiger partial charge in [0, 0.05) is 6.54 Å². The lowest BCUT2D eigenvalue weighted by atomic mass is 9.97. The first kappa shape index (κ1) is 15.7. The molecule has 6 nitrogen and oxygen atoms in total.